The van der Waals surface area contributed by atoms with Gasteiger partial charge in [0, 0.05) is 10.9 Å². The van der Waals surface area contributed by atoms with Gasteiger partial charge in [-0.15, -0.1) is 0 Å². The van der Waals surface area contributed by atoms with Crippen molar-refractivity contribution in [2.45, 2.75) is 4.90 Å². The van der Waals surface area contributed by atoms with E-state index < -0.39 is 15.8 Å². The van der Waals surface area contributed by atoms with Crippen LogP contribution in [-0.4, -0.2) is 39.5 Å². The number of ketones is 1. The van der Waals surface area contributed by atoms with Crippen molar-refractivity contribution in [1.82, 2.24) is 3.97 Å². The average molecular weight is 452 g/mol. The van der Waals surface area contributed by atoms with Gasteiger partial charge in [0.25, 0.3) is 10.0 Å². The van der Waals surface area contributed by atoms with Gasteiger partial charge in [0.05, 0.1) is 31.7 Å². The summed E-state index contributed by atoms with van der Waals surface area (Å²) in [5.41, 5.74) is 0.643. The number of ether oxygens (including phenoxy) is 3. The van der Waals surface area contributed by atoms with Crippen molar-refractivity contribution in [2.75, 3.05) is 21.3 Å². The van der Waals surface area contributed by atoms with E-state index in [2.05, 4.69) is 0 Å². The predicted molar refractivity (Wildman–Crippen MR) is 120 cm³/mol. The van der Waals surface area contributed by atoms with Crippen LogP contribution in [0.25, 0.3) is 10.9 Å². The molecule has 0 radical (unpaired) electrons. The molecule has 32 heavy (non-hydrogen) atoms. The van der Waals surface area contributed by atoms with Gasteiger partial charge < -0.3 is 14.2 Å². The molecule has 4 aromatic rings. The third-order valence-electron chi connectivity index (χ3n) is 5.12. The zero-order chi connectivity index (χ0) is 22.9. The molecule has 0 bridgehead atoms. The molecule has 0 N–H and O–H groups in total. The Balaban J connectivity index is 1.97. The first-order valence-corrected chi connectivity index (χ1v) is 11.1. The van der Waals surface area contributed by atoms with E-state index in [1.807, 2.05) is 0 Å². The second kappa shape index (κ2) is 8.39. The van der Waals surface area contributed by atoms with Crippen molar-refractivity contribution in [3.63, 3.8) is 0 Å². The van der Waals surface area contributed by atoms with Crippen molar-refractivity contribution in [2.24, 2.45) is 0 Å². The molecule has 0 unspecified atom stereocenters. The summed E-state index contributed by atoms with van der Waals surface area (Å²) in [4.78, 5) is 13.6. The number of fused-ring (bicyclic) bond motifs is 1. The molecule has 0 saturated carbocycles. The summed E-state index contributed by atoms with van der Waals surface area (Å²) >= 11 is 0. The van der Waals surface area contributed by atoms with E-state index >= 15 is 0 Å². The Morgan fingerprint density at radius 1 is 0.781 bits per heavy atom. The first-order chi connectivity index (χ1) is 15.4. The maximum Gasteiger partial charge on any atom is 0.268 e. The quantitative estimate of drug-likeness (QED) is 0.393. The molecule has 0 fully saturated rings. The second-order valence-electron chi connectivity index (χ2n) is 6.94. The van der Waals surface area contributed by atoms with E-state index in [9.17, 15) is 13.2 Å². The lowest BCUT2D eigenvalue weighted by atomic mass is 10.1. The fraction of sp³-hybridized carbons (Fsp3) is 0.125. The number of methoxy groups -OCH3 is 3. The van der Waals surface area contributed by atoms with Gasteiger partial charge in [-0.1, -0.05) is 18.2 Å². The molecular formula is C24H21NO6S. The fourth-order valence-electron chi connectivity index (χ4n) is 3.54. The fourth-order valence-corrected chi connectivity index (χ4v) is 5.07. The summed E-state index contributed by atoms with van der Waals surface area (Å²) in [6.45, 7) is 0. The average Bonchev–Trinajstić information content (AvgIpc) is 3.23. The van der Waals surface area contributed by atoms with Crippen LogP contribution in [0.5, 0.6) is 17.2 Å². The van der Waals surface area contributed by atoms with Crippen LogP contribution in [-0.2, 0) is 10.0 Å². The third kappa shape index (κ3) is 3.58. The lowest BCUT2D eigenvalue weighted by molar-refractivity contribution is 0.103. The molecule has 8 heteroatoms. The van der Waals surface area contributed by atoms with Gasteiger partial charge in [-0.25, -0.2) is 12.4 Å². The number of aromatic nitrogens is 1. The molecule has 0 aliphatic rings. The Bertz CT molecular complexity index is 1410. The van der Waals surface area contributed by atoms with E-state index in [0.717, 1.165) is 3.97 Å². The van der Waals surface area contributed by atoms with Gasteiger partial charge in [-0.3, -0.25) is 4.79 Å². The Morgan fingerprint density at radius 2 is 1.50 bits per heavy atom. The molecule has 7 nitrogen and oxygen atoms in total. The maximum atomic E-state index is 13.6. The standard InChI is InChI=1S/C24H21NO6S/c1-29-18-10-11-20-17(13-18)14-21(25(20)32(27,28)19-7-5-4-6-8-19)24(26)16-9-12-22(30-2)23(15-16)31-3/h4-15H,1-3H3. The molecule has 3 aromatic carbocycles. The molecule has 1 heterocycles. The summed E-state index contributed by atoms with van der Waals surface area (Å²) in [6.07, 6.45) is 0. The van der Waals surface area contributed by atoms with Crippen LogP contribution in [0, 0.1) is 0 Å². The first kappa shape index (κ1) is 21.5. The first-order valence-electron chi connectivity index (χ1n) is 9.67. The van der Waals surface area contributed by atoms with Crippen LogP contribution in [0.2, 0.25) is 0 Å². The van der Waals surface area contributed by atoms with Gasteiger partial charge in [0.1, 0.15) is 11.4 Å². The molecule has 4 rings (SSSR count). The van der Waals surface area contributed by atoms with Crippen LogP contribution in [0.4, 0.5) is 0 Å². The van der Waals surface area contributed by atoms with Crippen molar-refractivity contribution in [3.8, 4) is 17.2 Å². The summed E-state index contributed by atoms with van der Waals surface area (Å²) in [5.74, 6) is 0.914. The summed E-state index contributed by atoms with van der Waals surface area (Å²) in [6, 6.07) is 19.2. The van der Waals surface area contributed by atoms with Gasteiger partial charge >= 0.3 is 0 Å². The van der Waals surface area contributed by atoms with Crippen molar-refractivity contribution >= 4 is 26.7 Å². The number of carbonyl (C=O) groups is 1. The minimum Gasteiger partial charge on any atom is -0.497 e. The molecule has 0 aliphatic carbocycles. The number of benzene rings is 3. The number of hydrogen-bond acceptors (Lipinski definition) is 6. The van der Waals surface area contributed by atoms with Crippen LogP contribution in [0.15, 0.2) is 77.7 Å². The lowest BCUT2D eigenvalue weighted by Crippen LogP contribution is -2.19. The highest BCUT2D eigenvalue weighted by Gasteiger charge is 2.27. The maximum absolute atomic E-state index is 13.6. The number of nitrogens with zero attached hydrogens (tertiary/aromatic N) is 1. The topological polar surface area (TPSA) is 83.8 Å². The van der Waals surface area contributed by atoms with E-state index in [0.29, 0.717) is 28.2 Å². The van der Waals surface area contributed by atoms with Crippen LogP contribution in [0.3, 0.4) is 0 Å². The van der Waals surface area contributed by atoms with Crippen LogP contribution < -0.4 is 14.2 Å². The van der Waals surface area contributed by atoms with Crippen molar-refractivity contribution in [1.29, 1.82) is 0 Å². The van der Waals surface area contributed by atoms with Crippen LogP contribution in [0.1, 0.15) is 16.1 Å². The molecule has 0 amide bonds. The summed E-state index contributed by atoms with van der Waals surface area (Å²) < 4.78 is 44.0. The van der Waals surface area contributed by atoms with Gasteiger partial charge in [0.15, 0.2) is 11.5 Å². The number of carbonyl (C=O) groups excluding carboxylic acids is 1. The molecule has 0 saturated heterocycles. The number of hydrogen-bond donors (Lipinski definition) is 0. The van der Waals surface area contributed by atoms with Crippen molar-refractivity contribution < 1.29 is 27.4 Å². The zero-order valence-corrected chi connectivity index (χ0v) is 18.5. The Kier molecular flexibility index (Phi) is 5.63. The predicted octanol–water partition coefficient (Wildman–Crippen LogP) is 4.14. The van der Waals surface area contributed by atoms with Crippen LogP contribution >= 0.6 is 0 Å². The van der Waals surface area contributed by atoms with Crippen molar-refractivity contribution in [3.05, 3.63) is 84.1 Å². The van der Waals surface area contributed by atoms with E-state index in [1.165, 1.54) is 39.5 Å². The molecule has 0 aliphatic heterocycles. The molecule has 164 valence electrons. The number of rotatable bonds is 7. The highest BCUT2D eigenvalue weighted by molar-refractivity contribution is 7.90. The monoisotopic (exact) mass is 451 g/mol. The van der Waals surface area contributed by atoms with Gasteiger partial charge in [-0.2, -0.15) is 0 Å². The Morgan fingerprint density at radius 3 is 2.16 bits per heavy atom. The minimum atomic E-state index is -4.05. The molecule has 1 aromatic heterocycles. The minimum absolute atomic E-state index is 0.00401. The Labute approximate surface area is 185 Å². The largest absolute Gasteiger partial charge is 0.497 e. The van der Waals surface area contributed by atoms with Gasteiger partial charge in [-0.05, 0) is 54.6 Å². The van der Waals surface area contributed by atoms with E-state index in [1.54, 1.807) is 54.6 Å². The normalized spacial score (nSPS) is 11.3. The smallest absolute Gasteiger partial charge is 0.268 e. The highest BCUT2D eigenvalue weighted by atomic mass is 32.2. The zero-order valence-electron chi connectivity index (χ0n) is 17.7. The van der Waals surface area contributed by atoms with E-state index in [-0.39, 0.29) is 16.2 Å². The second-order valence-corrected chi connectivity index (χ2v) is 8.72. The summed E-state index contributed by atoms with van der Waals surface area (Å²) in [5, 5.41) is 0.563. The SMILES string of the molecule is COc1ccc2c(c1)cc(C(=O)c1ccc(OC)c(OC)c1)n2S(=O)(=O)c1ccccc1. The highest BCUT2D eigenvalue weighted by Crippen LogP contribution is 2.32. The molecular weight excluding hydrogens is 430 g/mol. The van der Waals surface area contributed by atoms with E-state index in [4.69, 9.17) is 14.2 Å². The molecule has 0 spiro atoms. The molecule has 0 atom stereocenters. The third-order valence-corrected chi connectivity index (χ3v) is 6.87. The Hall–Kier alpha value is -3.78. The lowest BCUT2D eigenvalue weighted by Gasteiger charge is -2.13. The van der Waals surface area contributed by atoms with Gasteiger partial charge in [0.2, 0.25) is 5.78 Å². The summed E-state index contributed by atoms with van der Waals surface area (Å²) in [7, 11) is 0.432.